The summed E-state index contributed by atoms with van der Waals surface area (Å²) < 4.78 is 2.03. The van der Waals surface area contributed by atoms with E-state index in [2.05, 4.69) is 22.3 Å². The molecule has 0 fully saturated rings. The molecule has 1 amide bonds. The van der Waals surface area contributed by atoms with Crippen LogP contribution in [0.3, 0.4) is 0 Å². The Balaban J connectivity index is 1.59. The minimum atomic E-state index is -0.323. The molecule has 3 aromatic carbocycles. The van der Waals surface area contributed by atoms with Crippen molar-refractivity contribution < 1.29 is 4.79 Å². The van der Waals surface area contributed by atoms with Crippen LogP contribution >= 0.6 is 23.4 Å². The molecule has 4 rings (SSSR count). The predicted molar refractivity (Wildman–Crippen MR) is 134 cm³/mol. The van der Waals surface area contributed by atoms with Crippen molar-refractivity contribution >= 4 is 29.3 Å². The first kappa shape index (κ1) is 23.1. The Morgan fingerprint density at radius 1 is 0.939 bits per heavy atom. The number of carbonyl (C=O) groups is 1. The number of thioether (sulfide) groups is 1. The van der Waals surface area contributed by atoms with Crippen LogP contribution in [0.5, 0.6) is 0 Å². The van der Waals surface area contributed by atoms with E-state index in [0.29, 0.717) is 29.1 Å². The van der Waals surface area contributed by atoms with Crippen LogP contribution < -0.4 is 0 Å². The lowest BCUT2D eigenvalue weighted by molar-refractivity contribution is -0.129. The molecule has 0 radical (unpaired) electrons. The number of halogens is 1. The monoisotopic (exact) mass is 476 g/mol. The largest absolute Gasteiger partial charge is 0.340 e. The van der Waals surface area contributed by atoms with Gasteiger partial charge in [0.1, 0.15) is 0 Å². The third-order valence-corrected chi connectivity index (χ3v) is 6.68. The summed E-state index contributed by atoms with van der Waals surface area (Å²) in [5.74, 6) is 0.724. The maximum Gasteiger partial charge on any atom is 0.235 e. The number of amides is 1. The van der Waals surface area contributed by atoms with Crippen molar-refractivity contribution in [3.8, 4) is 11.4 Å². The van der Waals surface area contributed by atoms with Gasteiger partial charge in [0.05, 0.1) is 16.8 Å². The highest BCUT2D eigenvalue weighted by atomic mass is 35.5. The molecule has 0 aliphatic heterocycles. The third kappa shape index (κ3) is 5.64. The van der Waals surface area contributed by atoms with Gasteiger partial charge in [-0.1, -0.05) is 96.2 Å². The molecule has 0 N–H and O–H groups in total. The average Bonchev–Trinajstić information content (AvgIpc) is 3.21. The van der Waals surface area contributed by atoms with Crippen LogP contribution in [0.4, 0.5) is 0 Å². The molecule has 0 aliphatic rings. The maximum atomic E-state index is 13.1. The SMILES string of the molecule is CC(Sc1nnc(-c2ccccc2Cl)n1Cc1ccccc1)C(=O)N(C)Cc1ccccc1. The molecule has 4 aromatic rings. The van der Waals surface area contributed by atoms with Crippen molar-refractivity contribution in [1.29, 1.82) is 0 Å². The first-order valence-corrected chi connectivity index (χ1v) is 12.0. The van der Waals surface area contributed by atoms with E-state index in [-0.39, 0.29) is 11.2 Å². The van der Waals surface area contributed by atoms with Crippen molar-refractivity contribution in [2.75, 3.05) is 7.05 Å². The van der Waals surface area contributed by atoms with Gasteiger partial charge in [0.25, 0.3) is 0 Å². The summed E-state index contributed by atoms with van der Waals surface area (Å²) >= 11 is 7.88. The van der Waals surface area contributed by atoms with E-state index in [1.807, 2.05) is 91.3 Å². The van der Waals surface area contributed by atoms with Crippen LogP contribution in [-0.4, -0.2) is 37.9 Å². The van der Waals surface area contributed by atoms with Gasteiger partial charge in [-0.3, -0.25) is 9.36 Å². The second-order valence-corrected chi connectivity index (χ2v) is 9.51. The van der Waals surface area contributed by atoms with E-state index < -0.39 is 0 Å². The van der Waals surface area contributed by atoms with E-state index >= 15 is 0 Å². The normalized spacial score (nSPS) is 11.8. The number of nitrogens with zero attached hydrogens (tertiary/aromatic N) is 4. The summed E-state index contributed by atoms with van der Waals surface area (Å²) in [5, 5.41) is 9.87. The molecular weight excluding hydrogens is 452 g/mol. The zero-order chi connectivity index (χ0) is 23.2. The quantitative estimate of drug-likeness (QED) is 0.302. The first-order chi connectivity index (χ1) is 16.0. The minimum Gasteiger partial charge on any atom is -0.340 e. The highest BCUT2D eigenvalue weighted by Crippen LogP contribution is 2.31. The molecule has 1 atom stereocenters. The van der Waals surface area contributed by atoms with Crippen LogP contribution in [0.25, 0.3) is 11.4 Å². The number of hydrogen-bond donors (Lipinski definition) is 0. The topological polar surface area (TPSA) is 51.0 Å². The van der Waals surface area contributed by atoms with E-state index in [1.54, 1.807) is 4.90 Å². The van der Waals surface area contributed by atoms with Crippen molar-refractivity contribution in [2.24, 2.45) is 0 Å². The predicted octanol–water partition coefficient (Wildman–Crippen LogP) is 5.79. The van der Waals surface area contributed by atoms with Crippen LogP contribution in [0, 0.1) is 0 Å². The Morgan fingerprint density at radius 2 is 1.55 bits per heavy atom. The molecule has 1 heterocycles. The molecule has 1 aromatic heterocycles. The van der Waals surface area contributed by atoms with Gasteiger partial charge in [-0.05, 0) is 30.2 Å². The van der Waals surface area contributed by atoms with Crippen molar-refractivity contribution in [3.05, 3.63) is 101 Å². The second-order valence-electron chi connectivity index (χ2n) is 7.80. The van der Waals surface area contributed by atoms with Gasteiger partial charge < -0.3 is 4.90 Å². The van der Waals surface area contributed by atoms with E-state index in [9.17, 15) is 4.79 Å². The summed E-state index contributed by atoms with van der Waals surface area (Å²) in [4.78, 5) is 14.8. The molecule has 0 spiro atoms. The van der Waals surface area contributed by atoms with E-state index in [4.69, 9.17) is 11.6 Å². The fraction of sp³-hybridized carbons (Fsp3) is 0.192. The maximum absolute atomic E-state index is 13.1. The average molecular weight is 477 g/mol. The van der Waals surface area contributed by atoms with Gasteiger partial charge in [-0.15, -0.1) is 10.2 Å². The van der Waals surface area contributed by atoms with Gasteiger partial charge in [-0.2, -0.15) is 0 Å². The van der Waals surface area contributed by atoms with Gasteiger partial charge in [0, 0.05) is 19.2 Å². The number of aromatic nitrogens is 3. The molecule has 0 saturated carbocycles. The Morgan fingerprint density at radius 3 is 2.21 bits per heavy atom. The smallest absolute Gasteiger partial charge is 0.235 e. The first-order valence-electron chi connectivity index (χ1n) is 10.7. The molecule has 5 nitrogen and oxygen atoms in total. The zero-order valence-electron chi connectivity index (χ0n) is 18.6. The second kappa shape index (κ2) is 10.7. The fourth-order valence-corrected chi connectivity index (χ4v) is 4.76. The van der Waals surface area contributed by atoms with Crippen molar-refractivity contribution in [2.45, 2.75) is 30.4 Å². The zero-order valence-corrected chi connectivity index (χ0v) is 20.1. The molecule has 0 aliphatic carbocycles. The lowest BCUT2D eigenvalue weighted by Crippen LogP contribution is -2.33. The van der Waals surface area contributed by atoms with Crippen LogP contribution in [0.1, 0.15) is 18.1 Å². The van der Waals surface area contributed by atoms with E-state index in [1.165, 1.54) is 11.8 Å². The van der Waals surface area contributed by atoms with Crippen LogP contribution in [0.2, 0.25) is 5.02 Å². The third-order valence-electron chi connectivity index (χ3n) is 5.28. The van der Waals surface area contributed by atoms with Gasteiger partial charge in [0.2, 0.25) is 5.91 Å². The summed E-state index contributed by atoms with van der Waals surface area (Å²) in [5.41, 5.74) is 3.03. The standard InChI is InChI=1S/C26H25ClN4OS/c1-19(25(32)30(2)17-20-11-5-3-6-12-20)33-26-29-28-24(22-15-9-10-16-23(22)27)31(26)18-21-13-7-4-8-14-21/h3-16,19H,17-18H2,1-2H3. The highest BCUT2D eigenvalue weighted by molar-refractivity contribution is 8.00. The van der Waals surface area contributed by atoms with Crippen LogP contribution in [0.15, 0.2) is 90.1 Å². The lowest BCUT2D eigenvalue weighted by Gasteiger charge is -2.21. The Labute approximate surface area is 203 Å². The van der Waals surface area contributed by atoms with E-state index in [0.717, 1.165) is 16.7 Å². The van der Waals surface area contributed by atoms with Crippen molar-refractivity contribution in [3.63, 3.8) is 0 Å². The molecule has 0 bridgehead atoms. The van der Waals surface area contributed by atoms with Gasteiger partial charge in [0.15, 0.2) is 11.0 Å². The molecule has 168 valence electrons. The minimum absolute atomic E-state index is 0.0393. The van der Waals surface area contributed by atoms with Crippen molar-refractivity contribution in [1.82, 2.24) is 19.7 Å². The van der Waals surface area contributed by atoms with Gasteiger partial charge in [-0.25, -0.2) is 0 Å². The summed E-state index contributed by atoms with van der Waals surface area (Å²) in [7, 11) is 1.83. The summed E-state index contributed by atoms with van der Waals surface area (Å²) in [6.07, 6.45) is 0. The molecular formula is C26H25ClN4OS. The number of hydrogen-bond acceptors (Lipinski definition) is 4. The highest BCUT2D eigenvalue weighted by Gasteiger charge is 2.24. The summed E-state index contributed by atoms with van der Waals surface area (Å²) in [6.45, 7) is 3.05. The Hall–Kier alpha value is -3.09. The number of carbonyl (C=O) groups excluding carboxylic acids is 1. The molecule has 1 unspecified atom stereocenters. The number of rotatable bonds is 8. The number of benzene rings is 3. The molecule has 7 heteroatoms. The molecule has 0 saturated heterocycles. The Bertz CT molecular complexity index is 1210. The lowest BCUT2D eigenvalue weighted by atomic mass is 10.2. The van der Waals surface area contributed by atoms with Gasteiger partial charge >= 0.3 is 0 Å². The Kier molecular flexibility index (Phi) is 7.47. The fourth-order valence-electron chi connectivity index (χ4n) is 3.58. The summed E-state index contributed by atoms with van der Waals surface area (Å²) in [6, 6.07) is 27.7. The molecule has 33 heavy (non-hydrogen) atoms. The van der Waals surface area contributed by atoms with Crippen LogP contribution in [-0.2, 0) is 17.9 Å².